The van der Waals surface area contributed by atoms with Crippen LogP contribution in [0.5, 0.6) is 0 Å². The van der Waals surface area contributed by atoms with E-state index < -0.39 is 0 Å². The maximum Gasteiger partial charge on any atom is -0.0162 e. The van der Waals surface area contributed by atoms with Crippen molar-refractivity contribution >= 4 is 0 Å². The van der Waals surface area contributed by atoms with Crippen molar-refractivity contribution < 1.29 is 0 Å². The first kappa shape index (κ1) is 19.0. The number of aryl methyl sites for hydroxylation is 1. The van der Waals surface area contributed by atoms with Crippen LogP contribution < -0.4 is 0 Å². The molecule has 2 aliphatic rings. The van der Waals surface area contributed by atoms with E-state index >= 15 is 0 Å². The number of hydrogen-bond donors (Lipinski definition) is 0. The van der Waals surface area contributed by atoms with E-state index in [1.54, 1.807) is 5.56 Å². The second-order valence-electron chi connectivity index (χ2n) is 9.03. The lowest BCUT2D eigenvalue weighted by Gasteiger charge is -2.34. The standard InChI is InChI=1S/C25H40/c1-3-6-20-8-5-9-22(13-10-20)24-16-18-25(19-17-24)23-14-11-21(7-4-2)12-15-23/h11-12,14-15,20,22,24-25H,3-10,13,16-19H2,1-2H3. The van der Waals surface area contributed by atoms with Crippen LogP contribution in [-0.4, -0.2) is 0 Å². The Kier molecular flexibility index (Phi) is 7.44. The molecule has 3 rings (SSSR count). The molecule has 0 nitrogen and oxygen atoms in total. The van der Waals surface area contributed by atoms with E-state index in [1.165, 1.54) is 89.0 Å². The molecule has 2 unspecified atom stereocenters. The number of rotatable bonds is 6. The van der Waals surface area contributed by atoms with E-state index in [2.05, 4.69) is 38.1 Å². The topological polar surface area (TPSA) is 0 Å². The fourth-order valence-corrected chi connectivity index (χ4v) is 5.74. The van der Waals surface area contributed by atoms with Crippen LogP contribution in [-0.2, 0) is 6.42 Å². The van der Waals surface area contributed by atoms with Crippen LogP contribution in [0.3, 0.4) is 0 Å². The molecule has 140 valence electrons. The molecule has 0 heteroatoms. The largest absolute Gasteiger partial charge is 0.0654 e. The fourth-order valence-electron chi connectivity index (χ4n) is 5.74. The Morgan fingerprint density at radius 2 is 1.40 bits per heavy atom. The third kappa shape index (κ3) is 5.35. The van der Waals surface area contributed by atoms with Gasteiger partial charge in [-0.15, -0.1) is 0 Å². The summed E-state index contributed by atoms with van der Waals surface area (Å²) in [6.07, 6.45) is 18.8. The molecule has 2 saturated carbocycles. The molecule has 0 bridgehead atoms. The summed E-state index contributed by atoms with van der Waals surface area (Å²) < 4.78 is 0. The summed E-state index contributed by atoms with van der Waals surface area (Å²) in [5.74, 6) is 3.98. The number of benzene rings is 1. The molecule has 1 aromatic carbocycles. The highest BCUT2D eigenvalue weighted by Gasteiger charge is 2.29. The average molecular weight is 341 g/mol. The second kappa shape index (κ2) is 9.79. The summed E-state index contributed by atoms with van der Waals surface area (Å²) in [6, 6.07) is 9.61. The summed E-state index contributed by atoms with van der Waals surface area (Å²) in [7, 11) is 0. The van der Waals surface area contributed by atoms with E-state index in [1.807, 2.05) is 0 Å². The monoisotopic (exact) mass is 340 g/mol. The van der Waals surface area contributed by atoms with Gasteiger partial charge in [0.25, 0.3) is 0 Å². The van der Waals surface area contributed by atoms with Gasteiger partial charge in [0.15, 0.2) is 0 Å². The predicted octanol–water partition coefficient (Wildman–Crippen LogP) is 7.91. The summed E-state index contributed by atoms with van der Waals surface area (Å²) in [5, 5.41) is 0. The molecule has 0 amide bonds. The Hall–Kier alpha value is -0.780. The van der Waals surface area contributed by atoms with Gasteiger partial charge in [0.05, 0.1) is 0 Å². The molecule has 2 fully saturated rings. The lowest BCUT2D eigenvalue weighted by atomic mass is 9.72. The molecule has 0 saturated heterocycles. The Morgan fingerprint density at radius 3 is 2.08 bits per heavy atom. The molecular formula is C25H40. The summed E-state index contributed by atoms with van der Waals surface area (Å²) >= 11 is 0. The van der Waals surface area contributed by atoms with Crippen LogP contribution in [0.4, 0.5) is 0 Å². The van der Waals surface area contributed by atoms with Gasteiger partial charge in [0.2, 0.25) is 0 Å². The molecule has 0 radical (unpaired) electrons. The minimum atomic E-state index is 0.838. The third-order valence-electron chi connectivity index (χ3n) is 7.26. The highest BCUT2D eigenvalue weighted by atomic mass is 14.3. The molecular weight excluding hydrogens is 300 g/mol. The Morgan fingerprint density at radius 1 is 0.720 bits per heavy atom. The van der Waals surface area contributed by atoms with Crippen LogP contribution in [0, 0.1) is 17.8 Å². The van der Waals surface area contributed by atoms with Crippen molar-refractivity contribution in [3.63, 3.8) is 0 Å². The summed E-state index contributed by atoms with van der Waals surface area (Å²) in [5.41, 5.74) is 3.13. The van der Waals surface area contributed by atoms with Crippen molar-refractivity contribution in [3.8, 4) is 0 Å². The van der Waals surface area contributed by atoms with Gasteiger partial charge in [0.1, 0.15) is 0 Å². The first-order valence-electron chi connectivity index (χ1n) is 11.4. The van der Waals surface area contributed by atoms with E-state index in [0.717, 1.165) is 23.7 Å². The van der Waals surface area contributed by atoms with Crippen LogP contribution in [0.25, 0.3) is 0 Å². The zero-order chi connectivity index (χ0) is 17.5. The highest BCUT2D eigenvalue weighted by molar-refractivity contribution is 5.25. The minimum Gasteiger partial charge on any atom is -0.0654 e. The maximum atomic E-state index is 2.43. The number of hydrogen-bond acceptors (Lipinski definition) is 0. The fraction of sp³-hybridized carbons (Fsp3) is 0.760. The van der Waals surface area contributed by atoms with Gasteiger partial charge in [-0.05, 0) is 73.3 Å². The molecule has 0 aromatic heterocycles. The van der Waals surface area contributed by atoms with Gasteiger partial charge in [-0.1, -0.05) is 83.1 Å². The van der Waals surface area contributed by atoms with Gasteiger partial charge in [-0.2, -0.15) is 0 Å². The lowest BCUT2D eigenvalue weighted by Crippen LogP contribution is -2.21. The van der Waals surface area contributed by atoms with Crippen LogP contribution in [0.2, 0.25) is 0 Å². The van der Waals surface area contributed by atoms with Crippen LogP contribution in [0.1, 0.15) is 108 Å². The molecule has 2 atom stereocenters. The zero-order valence-electron chi connectivity index (χ0n) is 16.8. The quantitative estimate of drug-likeness (QED) is 0.461. The van der Waals surface area contributed by atoms with Crippen molar-refractivity contribution in [3.05, 3.63) is 35.4 Å². The minimum absolute atomic E-state index is 0.838. The maximum absolute atomic E-state index is 2.43. The molecule has 2 aliphatic carbocycles. The Bertz CT molecular complexity index is 477. The predicted molar refractivity (Wildman–Crippen MR) is 110 cm³/mol. The third-order valence-corrected chi connectivity index (χ3v) is 7.26. The summed E-state index contributed by atoms with van der Waals surface area (Å²) in [6.45, 7) is 4.63. The van der Waals surface area contributed by atoms with Crippen molar-refractivity contribution in [2.24, 2.45) is 17.8 Å². The van der Waals surface area contributed by atoms with E-state index in [4.69, 9.17) is 0 Å². The Labute approximate surface area is 156 Å². The van der Waals surface area contributed by atoms with E-state index in [9.17, 15) is 0 Å². The van der Waals surface area contributed by atoms with Gasteiger partial charge in [-0.3, -0.25) is 0 Å². The van der Waals surface area contributed by atoms with Crippen molar-refractivity contribution in [1.29, 1.82) is 0 Å². The van der Waals surface area contributed by atoms with E-state index in [0.29, 0.717) is 0 Å². The van der Waals surface area contributed by atoms with Gasteiger partial charge < -0.3 is 0 Å². The van der Waals surface area contributed by atoms with Crippen molar-refractivity contribution in [2.45, 2.75) is 103 Å². The molecule has 25 heavy (non-hydrogen) atoms. The molecule has 1 aromatic rings. The SMILES string of the molecule is CCCc1ccc(C2CCC(C3CCCC(CCC)CC3)CC2)cc1. The first-order chi connectivity index (χ1) is 12.3. The molecule has 0 N–H and O–H groups in total. The molecule has 0 heterocycles. The lowest BCUT2D eigenvalue weighted by molar-refractivity contribution is 0.211. The zero-order valence-corrected chi connectivity index (χ0v) is 16.8. The highest BCUT2D eigenvalue weighted by Crippen LogP contribution is 2.43. The molecule has 0 spiro atoms. The van der Waals surface area contributed by atoms with Crippen molar-refractivity contribution in [1.82, 2.24) is 0 Å². The van der Waals surface area contributed by atoms with Gasteiger partial charge in [-0.25, -0.2) is 0 Å². The van der Waals surface area contributed by atoms with Gasteiger partial charge in [0, 0.05) is 0 Å². The van der Waals surface area contributed by atoms with Crippen LogP contribution >= 0.6 is 0 Å². The second-order valence-corrected chi connectivity index (χ2v) is 9.03. The van der Waals surface area contributed by atoms with Crippen LogP contribution in [0.15, 0.2) is 24.3 Å². The Balaban J connectivity index is 1.48. The van der Waals surface area contributed by atoms with E-state index in [-0.39, 0.29) is 0 Å². The first-order valence-corrected chi connectivity index (χ1v) is 11.4. The average Bonchev–Trinajstić information content (AvgIpc) is 2.89. The normalized spacial score (nSPS) is 30.8. The van der Waals surface area contributed by atoms with Gasteiger partial charge >= 0.3 is 0 Å². The van der Waals surface area contributed by atoms with Crippen molar-refractivity contribution in [2.75, 3.05) is 0 Å². The smallest absolute Gasteiger partial charge is 0.0162 e. The summed E-state index contributed by atoms with van der Waals surface area (Å²) in [4.78, 5) is 0. The molecule has 0 aliphatic heterocycles.